The molecule has 2 N–H and O–H groups in total. The fourth-order valence-electron chi connectivity index (χ4n) is 3.01. The molecule has 0 aliphatic carbocycles. The molecule has 0 fully saturated rings. The lowest BCUT2D eigenvalue weighted by Gasteiger charge is -2.10. The van der Waals surface area contributed by atoms with Crippen molar-refractivity contribution in [3.8, 4) is 11.1 Å². The van der Waals surface area contributed by atoms with Crippen molar-refractivity contribution in [3.63, 3.8) is 0 Å². The van der Waals surface area contributed by atoms with Gasteiger partial charge in [0.25, 0.3) is 11.8 Å². The minimum absolute atomic E-state index is 0.0120. The minimum atomic E-state index is -0.484. The van der Waals surface area contributed by atoms with Crippen molar-refractivity contribution in [1.82, 2.24) is 15.3 Å². The first-order valence-electron chi connectivity index (χ1n) is 9.69. The van der Waals surface area contributed by atoms with Gasteiger partial charge in [-0.3, -0.25) is 9.59 Å². The number of carbonyl (C=O) groups excluding carboxylic acids is 2. The molecule has 0 saturated heterocycles. The molecular formula is C24H20N4O2S. The summed E-state index contributed by atoms with van der Waals surface area (Å²) >= 11 is 1.65. The molecular weight excluding hydrogens is 408 g/mol. The molecule has 2 amide bonds. The van der Waals surface area contributed by atoms with Gasteiger partial charge in [-0.05, 0) is 52.6 Å². The normalized spacial score (nSPS) is 10.5. The molecule has 0 unspecified atom stereocenters. The average molecular weight is 429 g/mol. The van der Waals surface area contributed by atoms with Gasteiger partial charge in [0.1, 0.15) is 0 Å². The Balaban J connectivity index is 1.43. The van der Waals surface area contributed by atoms with Crippen LogP contribution in [0.2, 0.25) is 0 Å². The Bertz CT molecular complexity index is 1190. The van der Waals surface area contributed by atoms with E-state index in [1.54, 1.807) is 23.5 Å². The Morgan fingerprint density at radius 1 is 0.839 bits per heavy atom. The maximum Gasteiger partial charge on any atom is 0.276 e. The summed E-state index contributed by atoms with van der Waals surface area (Å²) in [6, 6.07) is 17.4. The lowest BCUT2D eigenvalue weighted by Crippen LogP contribution is -2.28. The van der Waals surface area contributed by atoms with Crippen LogP contribution in [0.4, 0.5) is 5.69 Å². The molecule has 0 atom stereocenters. The fraction of sp³-hybridized carbons (Fsp3) is 0.0833. The largest absolute Gasteiger partial charge is 0.347 e. The number of amides is 2. The maximum atomic E-state index is 12.7. The number of anilines is 1. The van der Waals surface area contributed by atoms with E-state index in [9.17, 15) is 9.59 Å². The summed E-state index contributed by atoms with van der Waals surface area (Å²) in [6.45, 7) is 2.28. The Morgan fingerprint density at radius 3 is 2.16 bits per heavy atom. The van der Waals surface area contributed by atoms with E-state index in [1.807, 2.05) is 48.7 Å². The van der Waals surface area contributed by atoms with E-state index >= 15 is 0 Å². The van der Waals surface area contributed by atoms with Crippen LogP contribution in [-0.4, -0.2) is 21.8 Å². The second-order valence-electron chi connectivity index (χ2n) is 6.97. The van der Waals surface area contributed by atoms with Gasteiger partial charge in [-0.25, -0.2) is 9.97 Å². The number of thiophene rings is 1. The van der Waals surface area contributed by atoms with Crippen molar-refractivity contribution < 1.29 is 9.59 Å². The van der Waals surface area contributed by atoms with Crippen LogP contribution >= 0.6 is 11.3 Å². The van der Waals surface area contributed by atoms with Crippen molar-refractivity contribution >= 4 is 28.8 Å². The second-order valence-corrected chi connectivity index (χ2v) is 7.75. The highest BCUT2D eigenvalue weighted by Crippen LogP contribution is 2.22. The van der Waals surface area contributed by atoms with Gasteiger partial charge < -0.3 is 10.6 Å². The highest BCUT2D eigenvalue weighted by atomic mass is 32.1. The van der Waals surface area contributed by atoms with Gasteiger partial charge >= 0.3 is 0 Å². The molecule has 0 spiro atoms. The fourth-order valence-corrected chi connectivity index (χ4v) is 3.67. The number of rotatable bonds is 6. The van der Waals surface area contributed by atoms with Gasteiger partial charge in [-0.15, -0.1) is 0 Å². The van der Waals surface area contributed by atoms with E-state index < -0.39 is 11.8 Å². The van der Waals surface area contributed by atoms with E-state index in [-0.39, 0.29) is 11.4 Å². The summed E-state index contributed by atoms with van der Waals surface area (Å²) in [5, 5.41) is 9.70. The molecule has 31 heavy (non-hydrogen) atoms. The minimum Gasteiger partial charge on any atom is -0.347 e. The molecule has 4 rings (SSSR count). The molecule has 2 aromatic heterocycles. The molecule has 0 bridgehead atoms. The Kier molecular flexibility index (Phi) is 6.14. The third kappa shape index (κ3) is 5.02. The molecule has 2 aromatic carbocycles. The molecule has 0 saturated carbocycles. The van der Waals surface area contributed by atoms with Crippen LogP contribution in [0, 0.1) is 6.92 Å². The van der Waals surface area contributed by atoms with Gasteiger partial charge in [0.2, 0.25) is 0 Å². The van der Waals surface area contributed by atoms with Gasteiger partial charge in [-0.1, -0.05) is 42.0 Å². The Hall–Kier alpha value is -3.84. The number of carbonyl (C=O) groups is 2. The van der Waals surface area contributed by atoms with Gasteiger partial charge in [0.15, 0.2) is 11.4 Å². The standard InChI is InChI=1S/C24H20N4O2S/c1-16-2-8-20(9-3-16)28-24(30)22-21(25-11-12-26-22)23(29)27-14-17-4-6-18(7-5-17)19-10-13-31-15-19/h2-13,15H,14H2,1H3,(H,27,29)(H,28,30). The van der Waals surface area contributed by atoms with Gasteiger partial charge in [-0.2, -0.15) is 11.3 Å². The van der Waals surface area contributed by atoms with Crippen LogP contribution in [0.1, 0.15) is 32.1 Å². The summed E-state index contributed by atoms with van der Waals surface area (Å²) in [6.07, 6.45) is 2.79. The van der Waals surface area contributed by atoms with Crippen molar-refractivity contribution in [3.05, 3.63) is 100 Å². The predicted octanol–water partition coefficient (Wildman–Crippen LogP) is 4.70. The number of aromatic nitrogens is 2. The van der Waals surface area contributed by atoms with Crippen LogP contribution in [-0.2, 0) is 6.54 Å². The first-order chi connectivity index (χ1) is 15.1. The zero-order valence-electron chi connectivity index (χ0n) is 16.8. The van der Waals surface area contributed by atoms with Crippen molar-refractivity contribution in [2.45, 2.75) is 13.5 Å². The monoisotopic (exact) mass is 428 g/mol. The summed E-state index contributed by atoms with van der Waals surface area (Å²) in [7, 11) is 0. The number of benzene rings is 2. The Morgan fingerprint density at radius 2 is 1.52 bits per heavy atom. The summed E-state index contributed by atoms with van der Waals surface area (Å²) in [5.41, 5.74) is 4.92. The van der Waals surface area contributed by atoms with E-state index in [1.165, 1.54) is 18.0 Å². The lowest BCUT2D eigenvalue weighted by molar-refractivity contribution is 0.0931. The maximum absolute atomic E-state index is 12.7. The number of aryl methyl sites for hydroxylation is 1. The summed E-state index contributed by atoms with van der Waals surface area (Å²) < 4.78 is 0. The molecule has 7 heteroatoms. The van der Waals surface area contributed by atoms with E-state index in [2.05, 4.69) is 32.0 Å². The molecule has 0 aliphatic rings. The zero-order valence-corrected chi connectivity index (χ0v) is 17.6. The molecule has 6 nitrogen and oxygen atoms in total. The molecule has 2 heterocycles. The highest BCUT2D eigenvalue weighted by Gasteiger charge is 2.20. The van der Waals surface area contributed by atoms with E-state index in [0.29, 0.717) is 12.2 Å². The van der Waals surface area contributed by atoms with Crippen LogP contribution in [0.15, 0.2) is 77.8 Å². The van der Waals surface area contributed by atoms with Crippen molar-refractivity contribution in [1.29, 1.82) is 0 Å². The van der Waals surface area contributed by atoms with E-state index in [0.717, 1.165) is 16.7 Å². The van der Waals surface area contributed by atoms with Crippen LogP contribution in [0.5, 0.6) is 0 Å². The highest BCUT2D eigenvalue weighted by molar-refractivity contribution is 7.08. The number of nitrogens with zero attached hydrogens (tertiary/aromatic N) is 2. The van der Waals surface area contributed by atoms with Crippen molar-refractivity contribution in [2.24, 2.45) is 0 Å². The average Bonchev–Trinajstić information content (AvgIpc) is 3.34. The van der Waals surface area contributed by atoms with Crippen molar-refractivity contribution in [2.75, 3.05) is 5.32 Å². The van der Waals surface area contributed by atoms with Crippen LogP contribution < -0.4 is 10.6 Å². The zero-order chi connectivity index (χ0) is 21.6. The molecule has 0 aliphatic heterocycles. The topological polar surface area (TPSA) is 84.0 Å². The number of hydrogen-bond acceptors (Lipinski definition) is 5. The third-order valence-corrected chi connectivity index (χ3v) is 5.38. The molecule has 0 radical (unpaired) electrons. The molecule has 4 aromatic rings. The van der Waals surface area contributed by atoms with Gasteiger partial charge in [0.05, 0.1) is 0 Å². The third-order valence-electron chi connectivity index (χ3n) is 4.70. The van der Waals surface area contributed by atoms with Gasteiger partial charge in [0, 0.05) is 24.6 Å². The molecule has 154 valence electrons. The predicted molar refractivity (Wildman–Crippen MR) is 122 cm³/mol. The SMILES string of the molecule is Cc1ccc(NC(=O)c2nccnc2C(=O)NCc2ccc(-c3ccsc3)cc2)cc1. The second kappa shape index (κ2) is 9.32. The Labute approximate surface area is 184 Å². The smallest absolute Gasteiger partial charge is 0.276 e. The lowest BCUT2D eigenvalue weighted by atomic mass is 10.1. The van der Waals surface area contributed by atoms with E-state index in [4.69, 9.17) is 0 Å². The first-order valence-corrected chi connectivity index (χ1v) is 10.6. The first kappa shape index (κ1) is 20.4. The quantitative estimate of drug-likeness (QED) is 0.466. The summed E-state index contributed by atoms with van der Waals surface area (Å²) in [5.74, 6) is -0.939. The number of nitrogens with one attached hydrogen (secondary N) is 2. The summed E-state index contributed by atoms with van der Waals surface area (Å²) in [4.78, 5) is 33.5. The van der Waals surface area contributed by atoms with Crippen LogP contribution in [0.3, 0.4) is 0 Å². The van der Waals surface area contributed by atoms with Crippen LogP contribution in [0.25, 0.3) is 11.1 Å². The number of hydrogen-bond donors (Lipinski definition) is 2.